The maximum absolute atomic E-state index is 2.55. The standard InChI is InChI=1S/C21H30/c1-13-10-14-16-17-15(13)19(4,5)12-21(17,7)9-8-20(16,6)11-18(14,2)3/h10H,8-9,11-12H2,1-7H3. The SMILES string of the molecule is Cc1cc2c3c4c1C(C)(C)CC4(C)CCC3(C)CC2(C)C. The van der Waals surface area contributed by atoms with Crippen LogP contribution in [-0.4, -0.2) is 0 Å². The molecule has 0 saturated heterocycles. The molecule has 114 valence electrons. The van der Waals surface area contributed by atoms with Crippen molar-refractivity contribution in [1.29, 1.82) is 0 Å². The van der Waals surface area contributed by atoms with E-state index in [-0.39, 0.29) is 0 Å². The smallest absolute Gasteiger partial charge is 0.00606 e. The number of hydrogen-bond acceptors (Lipinski definition) is 0. The molecule has 3 aliphatic carbocycles. The molecule has 4 rings (SSSR count). The van der Waals surface area contributed by atoms with Gasteiger partial charge in [0.1, 0.15) is 0 Å². The number of rotatable bonds is 0. The molecular weight excluding hydrogens is 252 g/mol. The second kappa shape index (κ2) is 3.42. The Bertz CT molecular complexity index is 661. The predicted molar refractivity (Wildman–Crippen MR) is 90.4 cm³/mol. The van der Waals surface area contributed by atoms with Crippen LogP contribution in [0.2, 0.25) is 0 Å². The van der Waals surface area contributed by atoms with Crippen LogP contribution >= 0.6 is 0 Å². The lowest BCUT2D eigenvalue weighted by Gasteiger charge is -2.41. The molecule has 0 N–H and O–H groups in total. The topological polar surface area (TPSA) is 0 Å². The summed E-state index contributed by atoms with van der Waals surface area (Å²) < 4.78 is 0. The maximum atomic E-state index is 2.55. The van der Waals surface area contributed by atoms with Crippen LogP contribution in [0.15, 0.2) is 6.07 Å². The lowest BCUT2D eigenvalue weighted by molar-refractivity contribution is 0.260. The van der Waals surface area contributed by atoms with Crippen LogP contribution in [0.1, 0.15) is 95.0 Å². The third kappa shape index (κ3) is 1.47. The van der Waals surface area contributed by atoms with Gasteiger partial charge in [-0.2, -0.15) is 0 Å². The molecule has 0 radical (unpaired) electrons. The van der Waals surface area contributed by atoms with Crippen LogP contribution in [0.4, 0.5) is 0 Å². The number of benzene rings is 1. The van der Waals surface area contributed by atoms with E-state index in [4.69, 9.17) is 0 Å². The first-order chi connectivity index (χ1) is 9.50. The van der Waals surface area contributed by atoms with E-state index < -0.39 is 0 Å². The highest BCUT2D eigenvalue weighted by Gasteiger charge is 2.57. The van der Waals surface area contributed by atoms with Crippen LogP contribution < -0.4 is 0 Å². The summed E-state index contributed by atoms with van der Waals surface area (Å²) in [5.74, 6) is 0. The van der Waals surface area contributed by atoms with Crippen molar-refractivity contribution >= 4 is 0 Å². The molecule has 1 aromatic rings. The molecule has 0 heteroatoms. The first-order valence-corrected chi connectivity index (χ1v) is 8.70. The molecule has 0 heterocycles. The molecule has 0 fully saturated rings. The molecule has 0 nitrogen and oxygen atoms in total. The number of aryl methyl sites for hydroxylation is 1. The molecule has 2 unspecified atom stereocenters. The lowest BCUT2D eigenvalue weighted by Crippen LogP contribution is -2.34. The highest BCUT2D eigenvalue weighted by Crippen LogP contribution is 2.65. The van der Waals surface area contributed by atoms with Crippen LogP contribution in [-0.2, 0) is 21.7 Å². The summed E-state index contributed by atoms with van der Waals surface area (Å²) >= 11 is 0. The van der Waals surface area contributed by atoms with E-state index in [9.17, 15) is 0 Å². The zero-order chi connectivity index (χ0) is 15.4. The highest BCUT2D eigenvalue weighted by molar-refractivity contribution is 5.63. The van der Waals surface area contributed by atoms with Gasteiger partial charge in [0.25, 0.3) is 0 Å². The van der Waals surface area contributed by atoms with E-state index >= 15 is 0 Å². The molecule has 0 spiro atoms. The predicted octanol–water partition coefficient (Wildman–Crippen LogP) is 5.67. The summed E-state index contributed by atoms with van der Waals surface area (Å²) in [4.78, 5) is 0. The minimum atomic E-state index is 0.348. The van der Waals surface area contributed by atoms with E-state index in [2.05, 4.69) is 54.5 Å². The average Bonchev–Trinajstić information content (AvgIpc) is 2.65. The highest BCUT2D eigenvalue weighted by atomic mass is 14.6. The number of hydrogen-bond donors (Lipinski definition) is 0. The lowest BCUT2D eigenvalue weighted by atomic mass is 9.62. The Morgan fingerprint density at radius 2 is 1.24 bits per heavy atom. The van der Waals surface area contributed by atoms with E-state index in [1.54, 1.807) is 27.8 Å². The van der Waals surface area contributed by atoms with Crippen molar-refractivity contribution in [1.82, 2.24) is 0 Å². The summed E-state index contributed by atoms with van der Waals surface area (Å²) in [7, 11) is 0. The van der Waals surface area contributed by atoms with Gasteiger partial charge in [0.2, 0.25) is 0 Å². The van der Waals surface area contributed by atoms with Gasteiger partial charge in [-0.1, -0.05) is 47.6 Å². The zero-order valence-electron chi connectivity index (χ0n) is 14.9. The Balaban J connectivity index is 2.17. The van der Waals surface area contributed by atoms with E-state index in [0.717, 1.165) is 0 Å². The van der Waals surface area contributed by atoms with Crippen molar-refractivity contribution < 1.29 is 0 Å². The van der Waals surface area contributed by atoms with Gasteiger partial charge in [0, 0.05) is 0 Å². The third-order valence-electron chi connectivity index (χ3n) is 7.03. The fraction of sp³-hybridized carbons (Fsp3) is 0.714. The summed E-state index contributed by atoms with van der Waals surface area (Å²) in [6.45, 7) is 17.3. The van der Waals surface area contributed by atoms with Gasteiger partial charge in [-0.3, -0.25) is 0 Å². The molecule has 0 saturated carbocycles. The van der Waals surface area contributed by atoms with Crippen LogP contribution in [0.5, 0.6) is 0 Å². The minimum Gasteiger partial charge on any atom is -0.0558 e. The second-order valence-electron chi connectivity index (χ2n) is 10.1. The average molecular weight is 282 g/mol. The molecule has 3 aliphatic rings. The molecular formula is C21H30. The van der Waals surface area contributed by atoms with Crippen molar-refractivity contribution in [2.75, 3.05) is 0 Å². The van der Waals surface area contributed by atoms with Gasteiger partial charge < -0.3 is 0 Å². The van der Waals surface area contributed by atoms with E-state index in [0.29, 0.717) is 21.7 Å². The first-order valence-electron chi connectivity index (χ1n) is 8.70. The van der Waals surface area contributed by atoms with Gasteiger partial charge in [-0.05, 0) is 82.1 Å². The van der Waals surface area contributed by atoms with Crippen molar-refractivity contribution in [3.05, 3.63) is 33.9 Å². The van der Waals surface area contributed by atoms with Crippen LogP contribution in [0.3, 0.4) is 0 Å². The molecule has 0 bridgehead atoms. The molecule has 1 aromatic carbocycles. The van der Waals surface area contributed by atoms with Crippen LogP contribution in [0.25, 0.3) is 0 Å². The minimum absolute atomic E-state index is 0.348. The summed E-state index contributed by atoms with van der Waals surface area (Å²) in [5.41, 5.74) is 10.0. The Morgan fingerprint density at radius 1 is 0.714 bits per heavy atom. The van der Waals surface area contributed by atoms with Crippen molar-refractivity contribution in [3.8, 4) is 0 Å². The van der Waals surface area contributed by atoms with E-state index in [1.165, 1.54) is 25.7 Å². The zero-order valence-corrected chi connectivity index (χ0v) is 14.9. The van der Waals surface area contributed by atoms with Gasteiger partial charge >= 0.3 is 0 Å². The fourth-order valence-corrected chi connectivity index (χ4v) is 6.74. The molecule has 0 aliphatic heterocycles. The van der Waals surface area contributed by atoms with E-state index in [1.807, 2.05) is 0 Å². The fourth-order valence-electron chi connectivity index (χ4n) is 6.74. The summed E-state index contributed by atoms with van der Waals surface area (Å²) in [6.07, 6.45) is 5.43. The van der Waals surface area contributed by atoms with Gasteiger partial charge in [-0.15, -0.1) is 0 Å². The quantitative estimate of drug-likeness (QED) is 0.575. The summed E-state index contributed by atoms with van der Waals surface area (Å²) in [6, 6.07) is 2.55. The van der Waals surface area contributed by atoms with Crippen LogP contribution in [0, 0.1) is 6.92 Å². The van der Waals surface area contributed by atoms with Crippen molar-refractivity contribution in [2.24, 2.45) is 0 Å². The van der Waals surface area contributed by atoms with Gasteiger partial charge in [0.15, 0.2) is 0 Å². The Kier molecular flexibility index (Phi) is 2.25. The molecule has 0 aromatic heterocycles. The molecule has 2 atom stereocenters. The van der Waals surface area contributed by atoms with Crippen molar-refractivity contribution in [2.45, 2.75) is 95.8 Å². The Morgan fingerprint density at radius 3 is 1.86 bits per heavy atom. The maximum Gasteiger partial charge on any atom is -0.00606 e. The monoisotopic (exact) mass is 282 g/mol. The van der Waals surface area contributed by atoms with Crippen molar-refractivity contribution in [3.63, 3.8) is 0 Å². The normalized spacial score (nSPS) is 37.7. The van der Waals surface area contributed by atoms with Gasteiger partial charge in [0.05, 0.1) is 0 Å². The molecule has 0 amide bonds. The first kappa shape index (κ1) is 13.9. The Hall–Kier alpha value is -0.780. The largest absolute Gasteiger partial charge is 0.0558 e. The third-order valence-corrected chi connectivity index (χ3v) is 7.03. The summed E-state index contributed by atoms with van der Waals surface area (Å²) in [5, 5.41) is 0. The second-order valence-corrected chi connectivity index (χ2v) is 10.1. The van der Waals surface area contributed by atoms with Gasteiger partial charge in [-0.25, -0.2) is 0 Å². The Labute approximate surface area is 130 Å². The molecule has 21 heavy (non-hydrogen) atoms.